The summed E-state index contributed by atoms with van der Waals surface area (Å²) < 4.78 is 39.8. The van der Waals surface area contributed by atoms with Crippen LogP contribution in [0.1, 0.15) is 0 Å². The standard InChI is InChI=1S/C7H6FN3O3S/c1-15(12,13)14-7-4-11-6(9-7)3-2-5(8)10-11/h2-4H,1H3. The molecule has 0 aliphatic heterocycles. The van der Waals surface area contributed by atoms with E-state index in [9.17, 15) is 12.8 Å². The first-order valence-electron chi connectivity index (χ1n) is 3.85. The molecule has 0 radical (unpaired) electrons. The van der Waals surface area contributed by atoms with E-state index in [-0.39, 0.29) is 5.88 Å². The summed E-state index contributed by atoms with van der Waals surface area (Å²) in [5.41, 5.74) is 0.301. The van der Waals surface area contributed by atoms with Gasteiger partial charge >= 0.3 is 10.1 Å². The quantitative estimate of drug-likeness (QED) is 0.690. The van der Waals surface area contributed by atoms with Crippen molar-refractivity contribution in [2.24, 2.45) is 0 Å². The molecule has 2 aromatic rings. The van der Waals surface area contributed by atoms with Crippen molar-refractivity contribution in [1.29, 1.82) is 0 Å². The molecule has 2 rings (SSSR count). The van der Waals surface area contributed by atoms with Crippen molar-refractivity contribution >= 4 is 15.8 Å². The normalized spacial score (nSPS) is 11.9. The molecule has 0 aliphatic rings. The highest BCUT2D eigenvalue weighted by atomic mass is 32.2. The van der Waals surface area contributed by atoms with Gasteiger partial charge in [-0.25, -0.2) is 4.52 Å². The third-order valence-electron chi connectivity index (χ3n) is 1.50. The van der Waals surface area contributed by atoms with Crippen molar-refractivity contribution < 1.29 is 17.0 Å². The Hall–Kier alpha value is -1.70. The molecule has 0 atom stereocenters. The highest BCUT2D eigenvalue weighted by Gasteiger charge is 2.09. The number of nitrogens with zero attached hydrogens (tertiary/aromatic N) is 3. The Bertz CT molecular complexity index is 607. The molecule has 2 aromatic heterocycles. The van der Waals surface area contributed by atoms with Crippen molar-refractivity contribution in [1.82, 2.24) is 14.6 Å². The Kier molecular flexibility index (Phi) is 2.07. The lowest BCUT2D eigenvalue weighted by molar-refractivity contribution is 0.484. The minimum atomic E-state index is -3.63. The molecule has 0 aliphatic carbocycles. The van der Waals surface area contributed by atoms with Crippen LogP contribution in [0, 0.1) is 5.95 Å². The van der Waals surface area contributed by atoms with Crippen LogP contribution >= 0.6 is 0 Å². The number of aromatic nitrogens is 3. The van der Waals surface area contributed by atoms with Gasteiger partial charge in [0.15, 0.2) is 5.65 Å². The Balaban J connectivity index is 2.48. The maximum Gasteiger partial charge on any atom is 0.307 e. The minimum absolute atomic E-state index is 0.143. The Morgan fingerprint density at radius 3 is 2.87 bits per heavy atom. The van der Waals surface area contributed by atoms with E-state index in [2.05, 4.69) is 14.3 Å². The molecule has 2 heterocycles. The molecule has 0 fully saturated rings. The van der Waals surface area contributed by atoms with Gasteiger partial charge in [0.25, 0.3) is 5.88 Å². The first-order valence-corrected chi connectivity index (χ1v) is 5.67. The number of imidazole rings is 1. The second-order valence-electron chi connectivity index (χ2n) is 2.83. The van der Waals surface area contributed by atoms with Gasteiger partial charge in [-0.05, 0) is 12.1 Å². The highest BCUT2D eigenvalue weighted by molar-refractivity contribution is 7.86. The summed E-state index contributed by atoms with van der Waals surface area (Å²) >= 11 is 0. The van der Waals surface area contributed by atoms with Crippen molar-refractivity contribution in [3.63, 3.8) is 0 Å². The van der Waals surface area contributed by atoms with Crippen molar-refractivity contribution in [2.45, 2.75) is 0 Å². The predicted molar refractivity (Wildman–Crippen MR) is 48.4 cm³/mol. The molecule has 0 saturated heterocycles. The van der Waals surface area contributed by atoms with Crippen LogP contribution in [-0.4, -0.2) is 29.3 Å². The fourth-order valence-corrected chi connectivity index (χ4v) is 1.42. The van der Waals surface area contributed by atoms with Crippen LogP contribution in [0.5, 0.6) is 5.88 Å². The minimum Gasteiger partial charge on any atom is -0.360 e. The predicted octanol–water partition coefficient (Wildman–Crippen LogP) is 0.207. The molecule has 80 valence electrons. The second-order valence-corrected chi connectivity index (χ2v) is 4.40. The molecule has 0 amide bonds. The van der Waals surface area contributed by atoms with Gasteiger partial charge in [-0.15, -0.1) is 5.10 Å². The number of hydrogen-bond acceptors (Lipinski definition) is 5. The molecule has 15 heavy (non-hydrogen) atoms. The number of fused-ring (bicyclic) bond motifs is 1. The van der Waals surface area contributed by atoms with E-state index in [0.29, 0.717) is 5.65 Å². The summed E-state index contributed by atoms with van der Waals surface area (Å²) in [5.74, 6) is -0.832. The number of halogens is 1. The summed E-state index contributed by atoms with van der Waals surface area (Å²) in [4.78, 5) is 3.77. The Morgan fingerprint density at radius 1 is 1.47 bits per heavy atom. The average molecular weight is 231 g/mol. The van der Waals surface area contributed by atoms with E-state index in [1.165, 1.54) is 12.3 Å². The summed E-state index contributed by atoms with van der Waals surface area (Å²) in [7, 11) is -3.63. The van der Waals surface area contributed by atoms with Gasteiger partial charge in [0, 0.05) is 0 Å². The lowest BCUT2D eigenvalue weighted by atomic mass is 10.5. The number of rotatable bonds is 2. The van der Waals surface area contributed by atoms with E-state index in [1.807, 2.05) is 0 Å². The van der Waals surface area contributed by atoms with Crippen molar-refractivity contribution in [2.75, 3.05) is 6.26 Å². The molecule has 0 spiro atoms. The average Bonchev–Trinajstić information content (AvgIpc) is 2.42. The summed E-state index contributed by atoms with van der Waals surface area (Å²) in [5, 5.41) is 3.44. The van der Waals surface area contributed by atoms with Crippen LogP contribution in [0.2, 0.25) is 0 Å². The van der Waals surface area contributed by atoms with Gasteiger partial charge in [0.2, 0.25) is 5.95 Å². The third kappa shape index (κ3) is 2.21. The second kappa shape index (κ2) is 3.16. The van der Waals surface area contributed by atoms with Crippen LogP contribution in [0.25, 0.3) is 5.65 Å². The summed E-state index contributed by atoms with van der Waals surface area (Å²) in [6, 6.07) is 2.48. The Morgan fingerprint density at radius 2 is 2.20 bits per heavy atom. The van der Waals surface area contributed by atoms with Gasteiger partial charge in [-0.1, -0.05) is 0 Å². The van der Waals surface area contributed by atoms with E-state index in [4.69, 9.17) is 0 Å². The zero-order valence-electron chi connectivity index (χ0n) is 7.58. The molecular formula is C7H6FN3O3S. The van der Waals surface area contributed by atoms with Gasteiger partial charge < -0.3 is 4.18 Å². The number of hydrogen-bond donors (Lipinski definition) is 0. The smallest absolute Gasteiger partial charge is 0.307 e. The van der Waals surface area contributed by atoms with Gasteiger partial charge in [0.05, 0.1) is 12.5 Å². The van der Waals surface area contributed by atoms with Crippen LogP contribution in [-0.2, 0) is 10.1 Å². The van der Waals surface area contributed by atoms with Gasteiger partial charge in [-0.3, -0.25) is 0 Å². The van der Waals surface area contributed by atoms with Gasteiger partial charge in [0.1, 0.15) is 0 Å². The van der Waals surface area contributed by atoms with E-state index in [1.54, 1.807) is 0 Å². The summed E-state index contributed by atoms with van der Waals surface area (Å²) in [6.45, 7) is 0. The zero-order valence-corrected chi connectivity index (χ0v) is 8.40. The molecule has 0 saturated carbocycles. The van der Waals surface area contributed by atoms with Gasteiger partial charge in [-0.2, -0.15) is 17.8 Å². The molecular weight excluding hydrogens is 225 g/mol. The largest absolute Gasteiger partial charge is 0.360 e. The van der Waals surface area contributed by atoms with Crippen LogP contribution in [0.4, 0.5) is 4.39 Å². The monoisotopic (exact) mass is 231 g/mol. The SMILES string of the molecule is CS(=O)(=O)Oc1cn2nc(F)ccc2n1. The lowest BCUT2D eigenvalue weighted by Crippen LogP contribution is -2.05. The fourth-order valence-electron chi connectivity index (χ4n) is 1.03. The maximum absolute atomic E-state index is 12.7. The maximum atomic E-state index is 12.7. The Labute approximate surface area is 84.4 Å². The van der Waals surface area contributed by atoms with E-state index in [0.717, 1.165) is 16.8 Å². The molecule has 0 bridgehead atoms. The van der Waals surface area contributed by atoms with Crippen LogP contribution < -0.4 is 4.18 Å². The molecule has 8 heteroatoms. The highest BCUT2D eigenvalue weighted by Crippen LogP contribution is 2.12. The van der Waals surface area contributed by atoms with Crippen molar-refractivity contribution in [3.8, 4) is 5.88 Å². The summed E-state index contributed by atoms with van der Waals surface area (Å²) in [6.07, 6.45) is 2.07. The first kappa shape index (κ1) is 9.84. The van der Waals surface area contributed by atoms with Crippen LogP contribution in [0.15, 0.2) is 18.3 Å². The topological polar surface area (TPSA) is 73.6 Å². The molecule has 0 N–H and O–H groups in total. The van der Waals surface area contributed by atoms with Crippen molar-refractivity contribution in [3.05, 3.63) is 24.3 Å². The van der Waals surface area contributed by atoms with Crippen LogP contribution in [0.3, 0.4) is 0 Å². The van der Waals surface area contributed by atoms with E-state index >= 15 is 0 Å². The molecule has 6 nitrogen and oxygen atoms in total. The lowest BCUT2D eigenvalue weighted by Gasteiger charge is -1.94. The third-order valence-corrected chi connectivity index (χ3v) is 1.98. The fraction of sp³-hybridized carbons (Fsp3) is 0.143. The molecule has 0 unspecified atom stereocenters. The molecule has 0 aromatic carbocycles. The van der Waals surface area contributed by atoms with E-state index < -0.39 is 16.1 Å². The zero-order chi connectivity index (χ0) is 11.1. The first-order chi connectivity index (χ1) is 6.94.